The minimum absolute atomic E-state index is 0.00782. The lowest BCUT2D eigenvalue weighted by molar-refractivity contribution is -0.384. The second-order valence-electron chi connectivity index (χ2n) is 6.18. The van der Waals surface area contributed by atoms with E-state index in [-0.39, 0.29) is 29.6 Å². The van der Waals surface area contributed by atoms with Gasteiger partial charge in [-0.05, 0) is 31.0 Å². The summed E-state index contributed by atoms with van der Waals surface area (Å²) in [6.45, 7) is 4.03. The van der Waals surface area contributed by atoms with Crippen LogP contribution in [0.15, 0.2) is 48.5 Å². The summed E-state index contributed by atoms with van der Waals surface area (Å²) >= 11 is 0. The first kappa shape index (κ1) is 19.1. The second kappa shape index (κ2) is 8.24. The number of amides is 1. The molecule has 0 aliphatic carbocycles. The van der Waals surface area contributed by atoms with E-state index in [2.05, 4.69) is 0 Å². The second-order valence-corrected chi connectivity index (χ2v) is 6.18. The smallest absolute Gasteiger partial charge is 0.335 e. The van der Waals surface area contributed by atoms with Crippen molar-refractivity contribution >= 4 is 17.6 Å². The first-order valence-corrected chi connectivity index (χ1v) is 8.13. The Morgan fingerprint density at radius 2 is 1.73 bits per heavy atom. The van der Waals surface area contributed by atoms with E-state index in [1.54, 1.807) is 35.2 Å². The zero-order valence-corrected chi connectivity index (χ0v) is 14.6. The number of benzene rings is 2. The highest BCUT2D eigenvalue weighted by molar-refractivity contribution is 5.91. The molecule has 0 saturated carbocycles. The predicted octanol–water partition coefficient (Wildman–Crippen LogP) is 3.27. The number of hydrogen-bond acceptors (Lipinski definition) is 4. The molecule has 0 fully saturated rings. The lowest BCUT2D eigenvalue weighted by atomic mass is 10.0. The highest BCUT2D eigenvalue weighted by Gasteiger charge is 2.20. The number of rotatable bonds is 7. The fraction of sp³-hybridized carbons (Fsp3) is 0.263. The van der Waals surface area contributed by atoms with E-state index in [4.69, 9.17) is 0 Å². The number of carbonyl (C=O) groups is 2. The number of nitro groups is 1. The van der Waals surface area contributed by atoms with E-state index in [0.717, 1.165) is 5.56 Å². The van der Waals surface area contributed by atoms with Gasteiger partial charge in [-0.25, -0.2) is 4.79 Å². The minimum Gasteiger partial charge on any atom is -0.478 e. The van der Waals surface area contributed by atoms with Crippen molar-refractivity contribution in [3.05, 3.63) is 75.3 Å². The molecular formula is C19H20N2O5. The maximum Gasteiger partial charge on any atom is 0.335 e. The topological polar surface area (TPSA) is 101 Å². The quantitative estimate of drug-likeness (QED) is 0.606. The SMILES string of the molecule is CC(C)N(Cc1ccc([N+](=O)[O-])cc1)C(=O)Cc1ccccc1C(=O)O. The third-order valence-electron chi connectivity index (χ3n) is 4.03. The van der Waals surface area contributed by atoms with Crippen LogP contribution in [-0.2, 0) is 17.8 Å². The number of carboxylic acid groups (broad SMARTS) is 1. The molecule has 0 spiro atoms. The number of hydrogen-bond donors (Lipinski definition) is 1. The summed E-state index contributed by atoms with van der Waals surface area (Å²) in [5, 5.41) is 20.0. The van der Waals surface area contributed by atoms with Crippen molar-refractivity contribution in [2.45, 2.75) is 32.9 Å². The van der Waals surface area contributed by atoms with Crippen LogP contribution in [0.25, 0.3) is 0 Å². The first-order valence-electron chi connectivity index (χ1n) is 8.13. The Morgan fingerprint density at radius 3 is 2.27 bits per heavy atom. The molecule has 0 radical (unpaired) electrons. The van der Waals surface area contributed by atoms with Crippen molar-refractivity contribution in [1.29, 1.82) is 0 Å². The molecule has 0 atom stereocenters. The number of nitro benzene ring substituents is 1. The van der Waals surface area contributed by atoms with E-state index in [1.165, 1.54) is 18.2 Å². The average Bonchev–Trinajstić information content (AvgIpc) is 2.59. The van der Waals surface area contributed by atoms with Crippen LogP contribution in [0.2, 0.25) is 0 Å². The van der Waals surface area contributed by atoms with Crippen molar-refractivity contribution in [2.24, 2.45) is 0 Å². The number of nitrogens with zero attached hydrogens (tertiary/aromatic N) is 2. The van der Waals surface area contributed by atoms with Crippen molar-refractivity contribution in [1.82, 2.24) is 4.90 Å². The number of carbonyl (C=O) groups excluding carboxylic acids is 1. The van der Waals surface area contributed by atoms with E-state index >= 15 is 0 Å². The molecule has 2 aromatic carbocycles. The molecule has 7 nitrogen and oxygen atoms in total. The molecule has 136 valence electrons. The molecule has 2 aromatic rings. The van der Waals surface area contributed by atoms with Gasteiger partial charge in [-0.15, -0.1) is 0 Å². The van der Waals surface area contributed by atoms with E-state index in [0.29, 0.717) is 12.1 Å². The van der Waals surface area contributed by atoms with Gasteiger partial charge in [0, 0.05) is 24.7 Å². The maximum absolute atomic E-state index is 12.7. The molecule has 2 rings (SSSR count). The van der Waals surface area contributed by atoms with E-state index in [9.17, 15) is 24.8 Å². The van der Waals surface area contributed by atoms with Crippen LogP contribution >= 0.6 is 0 Å². The molecule has 1 amide bonds. The Bertz CT molecular complexity index is 815. The fourth-order valence-electron chi connectivity index (χ4n) is 2.63. The van der Waals surface area contributed by atoms with Crippen molar-refractivity contribution in [2.75, 3.05) is 0 Å². The molecule has 1 N–H and O–H groups in total. The van der Waals surface area contributed by atoms with Crippen LogP contribution in [-0.4, -0.2) is 32.8 Å². The Kier molecular flexibility index (Phi) is 6.06. The van der Waals surface area contributed by atoms with Crippen LogP contribution < -0.4 is 0 Å². The summed E-state index contributed by atoms with van der Waals surface area (Å²) in [7, 11) is 0. The maximum atomic E-state index is 12.7. The van der Waals surface area contributed by atoms with Gasteiger partial charge in [0.1, 0.15) is 0 Å². The van der Waals surface area contributed by atoms with Crippen LogP contribution in [0.1, 0.15) is 35.3 Å². The van der Waals surface area contributed by atoms with Crippen molar-refractivity contribution in [3.8, 4) is 0 Å². The zero-order valence-electron chi connectivity index (χ0n) is 14.6. The summed E-state index contributed by atoms with van der Waals surface area (Å²) in [6.07, 6.45) is -0.0202. The summed E-state index contributed by atoms with van der Waals surface area (Å²) in [5.41, 5.74) is 1.33. The fourth-order valence-corrected chi connectivity index (χ4v) is 2.63. The van der Waals surface area contributed by atoms with Gasteiger partial charge in [0.2, 0.25) is 5.91 Å². The van der Waals surface area contributed by atoms with Gasteiger partial charge in [0.25, 0.3) is 5.69 Å². The number of aromatic carboxylic acids is 1. The molecule has 0 saturated heterocycles. The molecular weight excluding hydrogens is 336 g/mol. The Balaban J connectivity index is 2.18. The molecule has 0 aliphatic rings. The average molecular weight is 356 g/mol. The van der Waals surface area contributed by atoms with Crippen LogP contribution in [0.3, 0.4) is 0 Å². The predicted molar refractivity (Wildman–Crippen MR) is 95.9 cm³/mol. The third kappa shape index (κ3) is 4.66. The Hall–Kier alpha value is -3.22. The minimum atomic E-state index is -1.07. The largest absolute Gasteiger partial charge is 0.478 e. The molecule has 0 heterocycles. The lowest BCUT2D eigenvalue weighted by Gasteiger charge is -2.27. The van der Waals surface area contributed by atoms with E-state index < -0.39 is 10.9 Å². The lowest BCUT2D eigenvalue weighted by Crippen LogP contribution is -2.37. The molecule has 26 heavy (non-hydrogen) atoms. The normalized spacial score (nSPS) is 10.6. The molecule has 0 unspecified atom stereocenters. The first-order chi connectivity index (χ1) is 12.3. The molecule has 0 bridgehead atoms. The summed E-state index contributed by atoms with van der Waals surface area (Å²) in [4.78, 5) is 35.9. The van der Waals surface area contributed by atoms with Crippen LogP contribution in [0.5, 0.6) is 0 Å². The Morgan fingerprint density at radius 1 is 1.12 bits per heavy atom. The highest BCUT2D eigenvalue weighted by Crippen LogP contribution is 2.17. The van der Waals surface area contributed by atoms with Gasteiger partial charge in [-0.1, -0.05) is 30.3 Å². The summed E-state index contributed by atoms with van der Waals surface area (Å²) in [6, 6.07) is 12.4. The highest BCUT2D eigenvalue weighted by atomic mass is 16.6. The van der Waals surface area contributed by atoms with Gasteiger partial charge in [0.05, 0.1) is 16.9 Å². The third-order valence-corrected chi connectivity index (χ3v) is 4.03. The molecule has 7 heteroatoms. The monoisotopic (exact) mass is 356 g/mol. The summed E-state index contributed by atoms with van der Waals surface area (Å²) in [5.74, 6) is -1.27. The molecule has 0 aliphatic heterocycles. The van der Waals surface area contributed by atoms with Gasteiger partial charge < -0.3 is 10.0 Å². The number of carboxylic acids is 1. The zero-order chi connectivity index (χ0) is 19.3. The van der Waals surface area contributed by atoms with Gasteiger partial charge in [0.15, 0.2) is 0 Å². The molecule has 0 aromatic heterocycles. The van der Waals surface area contributed by atoms with Gasteiger partial charge in [-0.2, -0.15) is 0 Å². The van der Waals surface area contributed by atoms with Gasteiger partial charge in [-0.3, -0.25) is 14.9 Å². The standard InChI is InChI=1S/C19H20N2O5/c1-13(2)20(12-14-7-9-16(10-8-14)21(25)26)18(22)11-15-5-3-4-6-17(15)19(23)24/h3-10,13H,11-12H2,1-2H3,(H,23,24). The van der Waals surface area contributed by atoms with Crippen molar-refractivity contribution < 1.29 is 19.6 Å². The Labute approximate surface area is 151 Å². The summed E-state index contributed by atoms with van der Waals surface area (Å²) < 4.78 is 0. The van der Waals surface area contributed by atoms with Crippen LogP contribution in [0, 0.1) is 10.1 Å². The van der Waals surface area contributed by atoms with Gasteiger partial charge >= 0.3 is 5.97 Å². The van der Waals surface area contributed by atoms with Crippen molar-refractivity contribution in [3.63, 3.8) is 0 Å². The number of non-ortho nitro benzene ring substituents is 1. The van der Waals surface area contributed by atoms with Crippen LogP contribution in [0.4, 0.5) is 5.69 Å². The van der Waals surface area contributed by atoms with E-state index in [1.807, 2.05) is 13.8 Å².